The molecule has 0 bridgehead atoms. The lowest BCUT2D eigenvalue weighted by atomic mass is 9.84. The zero-order chi connectivity index (χ0) is 18.8. The lowest BCUT2D eigenvalue weighted by Crippen LogP contribution is -2.53. The number of fused-ring (bicyclic) bond motifs is 1. The van der Waals surface area contributed by atoms with E-state index >= 15 is 0 Å². The molecule has 4 atom stereocenters. The number of hydrogen-bond acceptors (Lipinski definition) is 3. The monoisotopic (exact) mass is 378 g/mol. The van der Waals surface area contributed by atoms with Crippen LogP contribution in [-0.4, -0.2) is 45.9 Å². The van der Waals surface area contributed by atoms with Gasteiger partial charge in [-0.05, 0) is 56.4 Å². The first-order valence-corrected chi connectivity index (χ1v) is 9.37. The Balaban J connectivity index is 1.72. The molecule has 6 nitrogen and oxygen atoms in total. The molecule has 3 rings (SSSR count). The maximum atomic E-state index is 13.0. The van der Waals surface area contributed by atoms with Gasteiger partial charge < -0.3 is 15.3 Å². The van der Waals surface area contributed by atoms with Crippen LogP contribution in [0.1, 0.15) is 49.4 Å². The number of hydrogen-bond donors (Lipinski definition) is 2. The van der Waals surface area contributed by atoms with E-state index in [0.29, 0.717) is 17.0 Å². The Bertz CT molecular complexity index is 706. The summed E-state index contributed by atoms with van der Waals surface area (Å²) < 4.78 is 0. The highest BCUT2D eigenvalue weighted by Gasteiger charge is 2.48. The van der Waals surface area contributed by atoms with E-state index in [1.165, 1.54) is 4.90 Å². The Morgan fingerprint density at radius 1 is 1.19 bits per heavy atom. The van der Waals surface area contributed by atoms with Crippen LogP contribution in [0.2, 0.25) is 5.02 Å². The number of carbonyl (C=O) groups excluding carboxylic acids is 2. The molecular weight excluding hydrogens is 356 g/mol. The van der Waals surface area contributed by atoms with Crippen molar-refractivity contribution in [3.63, 3.8) is 0 Å². The quantitative estimate of drug-likeness (QED) is 0.843. The third kappa shape index (κ3) is 3.70. The number of carbonyl (C=O) groups is 3. The topological polar surface area (TPSA) is 86.7 Å². The number of nitrogens with zero attached hydrogens (tertiary/aromatic N) is 1. The number of carboxylic acid groups (broad SMARTS) is 1. The molecule has 0 spiro atoms. The molecule has 0 radical (unpaired) electrons. The molecule has 4 unspecified atom stereocenters. The maximum Gasteiger partial charge on any atom is 0.326 e. The molecule has 26 heavy (non-hydrogen) atoms. The van der Waals surface area contributed by atoms with Crippen molar-refractivity contribution in [3.05, 3.63) is 34.9 Å². The highest BCUT2D eigenvalue weighted by molar-refractivity contribution is 6.30. The smallest absolute Gasteiger partial charge is 0.326 e. The Hall–Kier alpha value is -2.08. The normalized spacial score (nSPS) is 26.1. The van der Waals surface area contributed by atoms with Crippen LogP contribution in [0.25, 0.3) is 0 Å². The molecule has 1 aliphatic heterocycles. The van der Waals surface area contributed by atoms with Gasteiger partial charge in [-0.1, -0.05) is 24.4 Å². The number of likely N-dealkylation sites (tertiary alicyclic amines) is 1. The lowest BCUT2D eigenvalue weighted by molar-refractivity contribution is -0.150. The maximum absolute atomic E-state index is 13.0. The van der Waals surface area contributed by atoms with Crippen LogP contribution in [0.4, 0.5) is 0 Å². The number of halogens is 1. The van der Waals surface area contributed by atoms with Gasteiger partial charge in [0.05, 0.1) is 0 Å². The summed E-state index contributed by atoms with van der Waals surface area (Å²) in [6.45, 7) is 1.60. The second-order valence-electron chi connectivity index (χ2n) is 7.15. The van der Waals surface area contributed by atoms with Gasteiger partial charge in [0.25, 0.3) is 5.91 Å². The first-order chi connectivity index (χ1) is 12.4. The number of rotatable bonds is 4. The summed E-state index contributed by atoms with van der Waals surface area (Å²) in [5, 5.41) is 12.8. The average Bonchev–Trinajstić information content (AvgIpc) is 3.01. The van der Waals surface area contributed by atoms with Gasteiger partial charge in [0.2, 0.25) is 5.91 Å². The second kappa shape index (κ2) is 7.66. The van der Waals surface area contributed by atoms with Crippen molar-refractivity contribution in [2.45, 2.75) is 57.2 Å². The minimum atomic E-state index is -0.969. The van der Waals surface area contributed by atoms with Gasteiger partial charge in [0, 0.05) is 16.6 Å². The molecule has 2 amide bonds. The van der Waals surface area contributed by atoms with E-state index in [0.717, 1.165) is 25.7 Å². The van der Waals surface area contributed by atoms with E-state index < -0.39 is 18.1 Å². The van der Waals surface area contributed by atoms with Crippen molar-refractivity contribution < 1.29 is 19.5 Å². The Kier molecular flexibility index (Phi) is 5.51. The standard InChI is InChI=1S/C19H23ClN2O4/c1-11(21-17(23)12-6-8-14(20)9-7-12)18(24)22-15-5-3-2-4-13(15)10-16(22)19(25)26/h6-9,11,13,15-16H,2-5,10H2,1H3,(H,21,23)(H,25,26). The van der Waals surface area contributed by atoms with Crippen molar-refractivity contribution >= 4 is 29.4 Å². The van der Waals surface area contributed by atoms with Crippen LogP contribution in [0.15, 0.2) is 24.3 Å². The van der Waals surface area contributed by atoms with Crippen molar-refractivity contribution in [2.24, 2.45) is 5.92 Å². The minimum absolute atomic E-state index is 0.0350. The van der Waals surface area contributed by atoms with Crippen molar-refractivity contribution in [1.29, 1.82) is 0 Å². The zero-order valence-corrected chi connectivity index (χ0v) is 15.4. The van der Waals surface area contributed by atoms with Crippen LogP contribution in [0.5, 0.6) is 0 Å². The van der Waals surface area contributed by atoms with E-state index in [-0.39, 0.29) is 23.8 Å². The largest absolute Gasteiger partial charge is 0.480 e. The number of benzene rings is 1. The van der Waals surface area contributed by atoms with Gasteiger partial charge in [-0.15, -0.1) is 0 Å². The van der Waals surface area contributed by atoms with Crippen LogP contribution >= 0.6 is 11.6 Å². The fourth-order valence-corrected chi connectivity index (χ4v) is 4.29. The van der Waals surface area contributed by atoms with E-state index in [1.807, 2.05) is 0 Å². The number of aliphatic carboxylic acids is 1. The van der Waals surface area contributed by atoms with Crippen molar-refractivity contribution in [2.75, 3.05) is 0 Å². The number of nitrogens with one attached hydrogen (secondary N) is 1. The highest BCUT2D eigenvalue weighted by atomic mass is 35.5. The highest BCUT2D eigenvalue weighted by Crippen LogP contribution is 2.40. The fourth-order valence-electron chi connectivity index (χ4n) is 4.16. The second-order valence-corrected chi connectivity index (χ2v) is 7.59. The average molecular weight is 379 g/mol. The molecular formula is C19H23ClN2O4. The van der Waals surface area contributed by atoms with Crippen LogP contribution in [-0.2, 0) is 9.59 Å². The molecule has 2 aliphatic rings. The molecule has 140 valence electrons. The molecule has 7 heteroatoms. The van der Waals surface area contributed by atoms with E-state index in [2.05, 4.69) is 5.32 Å². The van der Waals surface area contributed by atoms with Gasteiger partial charge in [-0.3, -0.25) is 9.59 Å². The number of carboxylic acids is 1. The Labute approximate surface area is 157 Å². The summed E-state index contributed by atoms with van der Waals surface area (Å²) in [4.78, 5) is 38.5. The van der Waals surface area contributed by atoms with Crippen molar-refractivity contribution in [1.82, 2.24) is 10.2 Å². The van der Waals surface area contributed by atoms with E-state index in [1.54, 1.807) is 31.2 Å². The number of amides is 2. The molecule has 1 aromatic rings. The summed E-state index contributed by atoms with van der Waals surface area (Å²) in [6.07, 6.45) is 4.38. The molecule has 1 aromatic carbocycles. The van der Waals surface area contributed by atoms with Gasteiger partial charge in [0.15, 0.2) is 0 Å². The van der Waals surface area contributed by atoms with E-state index in [4.69, 9.17) is 11.6 Å². The predicted molar refractivity (Wildman–Crippen MR) is 97.0 cm³/mol. The van der Waals surface area contributed by atoms with Crippen LogP contribution in [0, 0.1) is 5.92 Å². The predicted octanol–water partition coefficient (Wildman–Crippen LogP) is 2.70. The third-order valence-electron chi connectivity index (χ3n) is 5.45. The third-order valence-corrected chi connectivity index (χ3v) is 5.70. The lowest BCUT2D eigenvalue weighted by Gasteiger charge is -2.34. The van der Waals surface area contributed by atoms with E-state index in [9.17, 15) is 19.5 Å². The summed E-state index contributed by atoms with van der Waals surface area (Å²) in [6, 6.07) is 4.76. The first-order valence-electron chi connectivity index (χ1n) is 9.00. The van der Waals surface area contributed by atoms with Gasteiger partial charge >= 0.3 is 5.97 Å². The molecule has 1 aliphatic carbocycles. The molecule has 1 saturated heterocycles. The molecule has 0 aromatic heterocycles. The van der Waals surface area contributed by atoms with Gasteiger partial charge in [0.1, 0.15) is 12.1 Å². The molecule has 2 fully saturated rings. The van der Waals surface area contributed by atoms with Crippen LogP contribution in [0.3, 0.4) is 0 Å². The Morgan fingerprint density at radius 2 is 1.85 bits per heavy atom. The molecule has 1 saturated carbocycles. The molecule has 2 N–H and O–H groups in total. The SMILES string of the molecule is CC(NC(=O)c1ccc(Cl)cc1)C(=O)N1C(C(=O)O)CC2CCCCC21. The molecule has 1 heterocycles. The van der Waals surface area contributed by atoms with Gasteiger partial charge in [-0.25, -0.2) is 4.79 Å². The van der Waals surface area contributed by atoms with Gasteiger partial charge in [-0.2, -0.15) is 0 Å². The van der Waals surface area contributed by atoms with Crippen LogP contribution < -0.4 is 5.32 Å². The summed E-state index contributed by atoms with van der Waals surface area (Å²) in [5.41, 5.74) is 0.404. The first kappa shape index (κ1) is 18.7. The summed E-state index contributed by atoms with van der Waals surface area (Å²) >= 11 is 5.82. The summed E-state index contributed by atoms with van der Waals surface area (Å²) in [7, 11) is 0. The zero-order valence-electron chi connectivity index (χ0n) is 14.7. The van der Waals surface area contributed by atoms with Crippen molar-refractivity contribution in [3.8, 4) is 0 Å². The Morgan fingerprint density at radius 3 is 2.50 bits per heavy atom. The fraction of sp³-hybridized carbons (Fsp3) is 0.526. The summed E-state index contributed by atoms with van der Waals surface area (Å²) in [5.74, 6) is -1.43. The minimum Gasteiger partial charge on any atom is -0.480 e.